The quantitative estimate of drug-likeness (QED) is 0.763. The second-order valence-electron chi connectivity index (χ2n) is 6.66. The third-order valence-corrected chi connectivity index (χ3v) is 4.28. The molecule has 0 saturated heterocycles. The van der Waals surface area contributed by atoms with Gasteiger partial charge in [0.2, 0.25) is 11.7 Å². The van der Waals surface area contributed by atoms with Gasteiger partial charge in [0.15, 0.2) is 0 Å². The number of hydrogen-bond donors (Lipinski definition) is 1. The maximum atomic E-state index is 12.6. The molecular formula is C19H22N6O2. The van der Waals surface area contributed by atoms with Crippen LogP contribution in [0.1, 0.15) is 33.1 Å². The summed E-state index contributed by atoms with van der Waals surface area (Å²) in [5.74, 6) is -0.339. The van der Waals surface area contributed by atoms with Crippen molar-refractivity contribution in [3.63, 3.8) is 0 Å². The maximum absolute atomic E-state index is 12.6. The van der Waals surface area contributed by atoms with Crippen LogP contribution in [0.3, 0.4) is 0 Å². The number of nitrogens with one attached hydrogen (secondary N) is 1. The number of carbonyl (C=O) groups is 2. The standard InChI is InChI=1S/C19H22N6O2/c1-11-7-6-8-12(2)16(11)21-15(26)10-24(5)18(27)17-22-19-20-13(3)9-14(4)25(19)23-17/h6-9H,10H2,1-5H3,(H,21,26). The molecule has 0 aliphatic rings. The van der Waals surface area contributed by atoms with Crippen LogP contribution in [0.25, 0.3) is 5.78 Å². The first-order chi connectivity index (χ1) is 12.8. The highest BCUT2D eigenvalue weighted by molar-refractivity contribution is 5.98. The van der Waals surface area contributed by atoms with Gasteiger partial charge in [-0.1, -0.05) is 18.2 Å². The van der Waals surface area contributed by atoms with Gasteiger partial charge in [-0.2, -0.15) is 4.98 Å². The summed E-state index contributed by atoms with van der Waals surface area (Å²) in [6.07, 6.45) is 0. The van der Waals surface area contributed by atoms with Crippen molar-refractivity contribution in [2.45, 2.75) is 27.7 Å². The molecule has 0 aliphatic heterocycles. The predicted octanol–water partition coefficient (Wildman–Crippen LogP) is 2.07. The molecule has 1 aromatic carbocycles. The average molecular weight is 366 g/mol. The van der Waals surface area contributed by atoms with E-state index in [-0.39, 0.29) is 18.3 Å². The number of aromatic nitrogens is 4. The zero-order chi connectivity index (χ0) is 19.7. The zero-order valence-electron chi connectivity index (χ0n) is 16.1. The fourth-order valence-electron chi connectivity index (χ4n) is 2.91. The normalized spacial score (nSPS) is 10.9. The minimum absolute atomic E-state index is 0.0126. The van der Waals surface area contributed by atoms with E-state index >= 15 is 0 Å². The lowest BCUT2D eigenvalue weighted by atomic mass is 10.1. The number of aryl methyl sites for hydroxylation is 4. The van der Waals surface area contributed by atoms with E-state index in [9.17, 15) is 9.59 Å². The minimum Gasteiger partial charge on any atom is -0.330 e. The second-order valence-corrected chi connectivity index (χ2v) is 6.66. The lowest BCUT2D eigenvalue weighted by molar-refractivity contribution is -0.116. The molecule has 1 N–H and O–H groups in total. The first-order valence-electron chi connectivity index (χ1n) is 8.59. The topological polar surface area (TPSA) is 92.5 Å². The van der Waals surface area contributed by atoms with Crippen molar-refractivity contribution in [2.24, 2.45) is 0 Å². The molecule has 0 saturated carbocycles. The lowest BCUT2D eigenvalue weighted by Gasteiger charge is -2.16. The molecule has 27 heavy (non-hydrogen) atoms. The van der Waals surface area contributed by atoms with Crippen molar-refractivity contribution in [3.05, 3.63) is 52.6 Å². The number of amides is 2. The number of rotatable bonds is 4. The number of para-hydroxylation sites is 1. The van der Waals surface area contributed by atoms with Gasteiger partial charge >= 0.3 is 0 Å². The molecule has 3 aromatic rings. The summed E-state index contributed by atoms with van der Waals surface area (Å²) < 4.78 is 1.52. The van der Waals surface area contributed by atoms with Gasteiger partial charge in [-0.15, -0.1) is 5.10 Å². The Morgan fingerprint density at radius 2 is 1.78 bits per heavy atom. The molecular weight excluding hydrogens is 344 g/mol. The van der Waals surface area contributed by atoms with Crippen LogP contribution >= 0.6 is 0 Å². The molecule has 0 bridgehead atoms. The van der Waals surface area contributed by atoms with E-state index in [1.54, 1.807) is 7.05 Å². The van der Waals surface area contributed by atoms with Crippen LogP contribution in [0.5, 0.6) is 0 Å². The fraction of sp³-hybridized carbons (Fsp3) is 0.316. The van der Waals surface area contributed by atoms with Crippen LogP contribution in [0.2, 0.25) is 0 Å². The molecule has 0 unspecified atom stereocenters. The number of carbonyl (C=O) groups excluding carboxylic acids is 2. The lowest BCUT2D eigenvalue weighted by Crippen LogP contribution is -2.35. The summed E-state index contributed by atoms with van der Waals surface area (Å²) in [7, 11) is 1.55. The van der Waals surface area contributed by atoms with Gasteiger partial charge in [-0.05, 0) is 44.9 Å². The third kappa shape index (κ3) is 3.79. The Morgan fingerprint density at radius 1 is 1.11 bits per heavy atom. The molecule has 8 nitrogen and oxygen atoms in total. The largest absolute Gasteiger partial charge is 0.330 e. The van der Waals surface area contributed by atoms with E-state index in [1.807, 2.05) is 52.0 Å². The maximum Gasteiger partial charge on any atom is 0.293 e. The summed E-state index contributed by atoms with van der Waals surface area (Å²) in [4.78, 5) is 34.7. The van der Waals surface area contributed by atoms with Gasteiger partial charge < -0.3 is 10.2 Å². The Labute approximate surface area is 157 Å². The Bertz CT molecular complexity index is 1020. The van der Waals surface area contributed by atoms with Gasteiger partial charge in [0, 0.05) is 24.1 Å². The summed E-state index contributed by atoms with van der Waals surface area (Å²) in [5.41, 5.74) is 4.34. The highest BCUT2D eigenvalue weighted by Gasteiger charge is 2.21. The van der Waals surface area contributed by atoms with Crippen LogP contribution in [-0.4, -0.2) is 49.9 Å². The van der Waals surface area contributed by atoms with Gasteiger partial charge in [0.05, 0.1) is 6.54 Å². The molecule has 2 amide bonds. The van der Waals surface area contributed by atoms with E-state index in [1.165, 1.54) is 9.42 Å². The Morgan fingerprint density at radius 3 is 2.44 bits per heavy atom. The number of hydrogen-bond acceptors (Lipinski definition) is 5. The van der Waals surface area contributed by atoms with Crippen LogP contribution in [-0.2, 0) is 4.79 Å². The Kier molecular flexibility index (Phi) is 4.89. The molecule has 3 rings (SSSR count). The SMILES string of the molecule is Cc1cc(C)n2nc(C(=O)N(C)CC(=O)Nc3c(C)cccc3C)nc2n1. The summed E-state index contributed by atoms with van der Waals surface area (Å²) in [6.45, 7) is 7.47. The number of nitrogens with zero attached hydrogens (tertiary/aromatic N) is 5. The second kappa shape index (κ2) is 7.14. The molecule has 0 aliphatic carbocycles. The monoisotopic (exact) mass is 366 g/mol. The summed E-state index contributed by atoms with van der Waals surface area (Å²) >= 11 is 0. The number of fused-ring (bicyclic) bond motifs is 1. The van der Waals surface area contributed by atoms with Crippen LogP contribution < -0.4 is 5.32 Å². The van der Waals surface area contributed by atoms with Crippen LogP contribution in [0.15, 0.2) is 24.3 Å². The third-order valence-electron chi connectivity index (χ3n) is 4.28. The molecule has 0 atom stereocenters. The predicted molar refractivity (Wildman–Crippen MR) is 102 cm³/mol. The summed E-state index contributed by atoms with van der Waals surface area (Å²) in [5, 5.41) is 7.08. The minimum atomic E-state index is -0.436. The highest BCUT2D eigenvalue weighted by Crippen LogP contribution is 2.19. The Hall–Kier alpha value is -3.29. The number of anilines is 1. The molecule has 140 valence electrons. The van der Waals surface area contributed by atoms with E-state index in [0.717, 1.165) is 28.2 Å². The Balaban J connectivity index is 1.74. The summed E-state index contributed by atoms with van der Waals surface area (Å²) in [6, 6.07) is 7.64. The van der Waals surface area contributed by atoms with Crippen molar-refractivity contribution in [1.29, 1.82) is 0 Å². The van der Waals surface area contributed by atoms with Gasteiger partial charge in [-0.25, -0.2) is 9.50 Å². The van der Waals surface area contributed by atoms with E-state index in [0.29, 0.717) is 5.78 Å². The molecule has 0 radical (unpaired) electrons. The first-order valence-corrected chi connectivity index (χ1v) is 8.59. The molecule has 2 aromatic heterocycles. The molecule has 2 heterocycles. The fourth-order valence-corrected chi connectivity index (χ4v) is 2.91. The average Bonchev–Trinajstić information content (AvgIpc) is 3.01. The molecule has 0 spiro atoms. The van der Waals surface area contributed by atoms with E-state index < -0.39 is 5.91 Å². The van der Waals surface area contributed by atoms with Gasteiger partial charge in [0.25, 0.3) is 11.7 Å². The van der Waals surface area contributed by atoms with Crippen LogP contribution in [0, 0.1) is 27.7 Å². The molecule has 0 fully saturated rings. The van der Waals surface area contributed by atoms with Gasteiger partial charge in [0.1, 0.15) is 0 Å². The van der Waals surface area contributed by atoms with Crippen molar-refractivity contribution in [2.75, 3.05) is 18.9 Å². The van der Waals surface area contributed by atoms with Crippen molar-refractivity contribution < 1.29 is 9.59 Å². The van der Waals surface area contributed by atoms with Crippen molar-refractivity contribution >= 4 is 23.3 Å². The molecule has 8 heteroatoms. The zero-order valence-corrected chi connectivity index (χ0v) is 16.1. The number of benzene rings is 1. The smallest absolute Gasteiger partial charge is 0.293 e. The van der Waals surface area contributed by atoms with Crippen LogP contribution in [0.4, 0.5) is 5.69 Å². The van der Waals surface area contributed by atoms with E-state index in [2.05, 4.69) is 20.4 Å². The van der Waals surface area contributed by atoms with Gasteiger partial charge in [-0.3, -0.25) is 9.59 Å². The highest BCUT2D eigenvalue weighted by atomic mass is 16.2. The van der Waals surface area contributed by atoms with Crippen molar-refractivity contribution in [3.8, 4) is 0 Å². The number of likely N-dealkylation sites (N-methyl/N-ethyl adjacent to an activating group) is 1. The van der Waals surface area contributed by atoms with Crippen molar-refractivity contribution in [1.82, 2.24) is 24.5 Å². The van der Waals surface area contributed by atoms with E-state index in [4.69, 9.17) is 0 Å². The first kappa shape index (κ1) is 18.5.